The van der Waals surface area contributed by atoms with Crippen molar-refractivity contribution in [3.8, 4) is 0 Å². The van der Waals surface area contributed by atoms with Crippen molar-refractivity contribution >= 4 is 11.0 Å². The van der Waals surface area contributed by atoms with E-state index >= 15 is 0 Å². The van der Waals surface area contributed by atoms with E-state index in [4.69, 9.17) is 15.5 Å². The van der Waals surface area contributed by atoms with Crippen LogP contribution in [0.2, 0.25) is 0 Å². The Balaban J connectivity index is 2.14. The third-order valence-electron chi connectivity index (χ3n) is 3.87. The van der Waals surface area contributed by atoms with Gasteiger partial charge in [-0.15, -0.1) is 0 Å². The van der Waals surface area contributed by atoms with E-state index in [1.54, 1.807) is 0 Å². The Bertz CT molecular complexity index is 582. The second-order valence-electron chi connectivity index (χ2n) is 5.26. The fourth-order valence-corrected chi connectivity index (χ4v) is 2.71. The summed E-state index contributed by atoms with van der Waals surface area (Å²) in [5.74, 6) is 0.978. The van der Waals surface area contributed by atoms with E-state index in [0.717, 1.165) is 42.9 Å². The first-order valence-electron chi connectivity index (χ1n) is 6.40. The van der Waals surface area contributed by atoms with E-state index in [9.17, 15) is 0 Å². The number of nitrogens with two attached hydrogens (primary N) is 1. The Hall–Kier alpha value is -1.39. The number of hydrogen-bond acceptors (Lipinski definition) is 3. The van der Waals surface area contributed by atoms with Crippen LogP contribution in [-0.4, -0.2) is 22.8 Å². The number of fused-ring (bicyclic) bond motifs is 1. The monoisotopic (exact) mass is 245 g/mol. The van der Waals surface area contributed by atoms with Crippen molar-refractivity contribution in [3.05, 3.63) is 29.6 Å². The van der Waals surface area contributed by atoms with Crippen LogP contribution in [0, 0.1) is 6.92 Å². The molecule has 2 aromatic rings. The first-order chi connectivity index (χ1) is 8.60. The lowest BCUT2D eigenvalue weighted by Gasteiger charge is -2.32. The van der Waals surface area contributed by atoms with Crippen molar-refractivity contribution in [1.29, 1.82) is 0 Å². The van der Waals surface area contributed by atoms with Crippen LogP contribution in [0.25, 0.3) is 11.0 Å². The standard InChI is InChI=1S/C14H19N3O/c1-10-3-4-12-11(9-10)16-13(17(12)2)14(15)5-7-18-8-6-14/h3-4,9H,5-8,15H2,1-2H3. The summed E-state index contributed by atoms with van der Waals surface area (Å²) in [5.41, 5.74) is 9.58. The van der Waals surface area contributed by atoms with Gasteiger partial charge in [-0.05, 0) is 37.5 Å². The molecule has 0 atom stereocenters. The van der Waals surface area contributed by atoms with Gasteiger partial charge in [-0.3, -0.25) is 0 Å². The number of imidazole rings is 1. The lowest BCUT2D eigenvalue weighted by atomic mass is 9.90. The molecule has 18 heavy (non-hydrogen) atoms. The van der Waals surface area contributed by atoms with Gasteiger partial charge in [0.15, 0.2) is 0 Å². The molecule has 1 aromatic carbocycles. The van der Waals surface area contributed by atoms with Crippen LogP contribution in [-0.2, 0) is 17.3 Å². The second-order valence-corrected chi connectivity index (χ2v) is 5.26. The lowest BCUT2D eigenvalue weighted by Crippen LogP contribution is -2.44. The van der Waals surface area contributed by atoms with Gasteiger partial charge in [0.1, 0.15) is 5.82 Å². The van der Waals surface area contributed by atoms with Gasteiger partial charge in [0.25, 0.3) is 0 Å². The number of benzene rings is 1. The van der Waals surface area contributed by atoms with Crippen molar-refractivity contribution in [2.75, 3.05) is 13.2 Å². The molecule has 0 unspecified atom stereocenters. The maximum atomic E-state index is 6.52. The third kappa shape index (κ3) is 1.72. The van der Waals surface area contributed by atoms with Gasteiger partial charge < -0.3 is 15.0 Å². The van der Waals surface area contributed by atoms with Gasteiger partial charge in [-0.2, -0.15) is 0 Å². The first-order valence-corrected chi connectivity index (χ1v) is 6.40. The van der Waals surface area contributed by atoms with Crippen molar-refractivity contribution in [1.82, 2.24) is 9.55 Å². The zero-order valence-electron chi connectivity index (χ0n) is 10.9. The molecular weight excluding hydrogens is 226 g/mol. The Morgan fingerprint density at radius 1 is 1.33 bits per heavy atom. The van der Waals surface area contributed by atoms with Crippen LogP contribution in [0.5, 0.6) is 0 Å². The molecule has 3 rings (SSSR count). The quantitative estimate of drug-likeness (QED) is 0.834. The summed E-state index contributed by atoms with van der Waals surface area (Å²) in [4.78, 5) is 4.75. The Morgan fingerprint density at radius 3 is 2.78 bits per heavy atom. The van der Waals surface area contributed by atoms with Gasteiger partial charge in [-0.1, -0.05) is 6.07 Å². The number of rotatable bonds is 1. The highest BCUT2D eigenvalue weighted by atomic mass is 16.5. The molecule has 0 bridgehead atoms. The topological polar surface area (TPSA) is 53.1 Å². The van der Waals surface area contributed by atoms with Crippen LogP contribution >= 0.6 is 0 Å². The number of hydrogen-bond donors (Lipinski definition) is 1. The number of ether oxygens (including phenoxy) is 1. The molecule has 0 spiro atoms. The minimum absolute atomic E-state index is 0.347. The Kier molecular flexibility index (Phi) is 2.64. The van der Waals surface area contributed by atoms with Gasteiger partial charge in [0, 0.05) is 20.3 Å². The molecule has 4 heteroatoms. The van der Waals surface area contributed by atoms with Crippen molar-refractivity contribution < 1.29 is 4.74 Å². The summed E-state index contributed by atoms with van der Waals surface area (Å²) in [6.45, 7) is 3.53. The van der Waals surface area contributed by atoms with Crippen LogP contribution in [0.15, 0.2) is 18.2 Å². The molecular formula is C14H19N3O. The molecule has 1 aliphatic heterocycles. The van der Waals surface area contributed by atoms with Crippen LogP contribution in [0.4, 0.5) is 0 Å². The van der Waals surface area contributed by atoms with Gasteiger partial charge in [-0.25, -0.2) is 4.98 Å². The van der Waals surface area contributed by atoms with Crippen LogP contribution < -0.4 is 5.73 Å². The van der Waals surface area contributed by atoms with E-state index in [1.807, 2.05) is 7.05 Å². The Labute approximate surface area is 107 Å². The van der Waals surface area contributed by atoms with Crippen molar-refractivity contribution in [3.63, 3.8) is 0 Å². The van der Waals surface area contributed by atoms with Crippen molar-refractivity contribution in [2.45, 2.75) is 25.3 Å². The van der Waals surface area contributed by atoms with Crippen LogP contribution in [0.3, 0.4) is 0 Å². The predicted molar refractivity (Wildman–Crippen MR) is 71.4 cm³/mol. The molecule has 96 valence electrons. The summed E-state index contributed by atoms with van der Waals surface area (Å²) >= 11 is 0. The average molecular weight is 245 g/mol. The third-order valence-corrected chi connectivity index (χ3v) is 3.87. The zero-order chi connectivity index (χ0) is 12.8. The van der Waals surface area contributed by atoms with E-state index in [1.165, 1.54) is 5.56 Å². The molecule has 1 aromatic heterocycles. The van der Waals surface area contributed by atoms with Gasteiger partial charge in [0.05, 0.1) is 16.6 Å². The number of nitrogens with zero attached hydrogens (tertiary/aromatic N) is 2. The SMILES string of the molecule is Cc1ccc2c(c1)nc(C1(N)CCOCC1)n2C. The van der Waals surface area contributed by atoms with E-state index in [2.05, 4.69) is 29.7 Å². The maximum absolute atomic E-state index is 6.52. The molecule has 0 radical (unpaired) electrons. The molecule has 1 fully saturated rings. The largest absolute Gasteiger partial charge is 0.381 e. The van der Waals surface area contributed by atoms with Gasteiger partial charge in [0.2, 0.25) is 0 Å². The number of aryl methyl sites for hydroxylation is 2. The highest BCUT2D eigenvalue weighted by molar-refractivity contribution is 5.77. The second kappa shape index (κ2) is 4.07. The molecule has 0 aliphatic carbocycles. The smallest absolute Gasteiger partial charge is 0.129 e. The lowest BCUT2D eigenvalue weighted by molar-refractivity contribution is 0.0484. The van der Waals surface area contributed by atoms with E-state index in [-0.39, 0.29) is 5.54 Å². The predicted octanol–water partition coefficient (Wildman–Crippen LogP) is 1.85. The molecule has 0 amide bonds. The minimum Gasteiger partial charge on any atom is -0.381 e. The van der Waals surface area contributed by atoms with Crippen molar-refractivity contribution in [2.24, 2.45) is 12.8 Å². The van der Waals surface area contributed by atoms with Crippen LogP contribution in [0.1, 0.15) is 24.2 Å². The van der Waals surface area contributed by atoms with E-state index in [0.29, 0.717) is 0 Å². The maximum Gasteiger partial charge on any atom is 0.129 e. The fourth-order valence-electron chi connectivity index (χ4n) is 2.71. The molecule has 2 N–H and O–H groups in total. The minimum atomic E-state index is -0.347. The summed E-state index contributed by atoms with van der Waals surface area (Å²) in [5, 5.41) is 0. The summed E-state index contributed by atoms with van der Waals surface area (Å²) < 4.78 is 7.53. The molecule has 4 nitrogen and oxygen atoms in total. The Morgan fingerprint density at radius 2 is 2.06 bits per heavy atom. The van der Waals surface area contributed by atoms with E-state index < -0.39 is 0 Å². The highest BCUT2D eigenvalue weighted by Gasteiger charge is 2.34. The molecule has 1 aliphatic rings. The first kappa shape index (κ1) is 11.7. The summed E-state index contributed by atoms with van der Waals surface area (Å²) in [7, 11) is 2.05. The molecule has 0 saturated carbocycles. The van der Waals surface area contributed by atoms with Gasteiger partial charge >= 0.3 is 0 Å². The highest BCUT2D eigenvalue weighted by Crippen LogP contribution is 2.30. The summed E-state index contributed by atoms with van der Waals surface area (Å²) in [6.07, 6.45) is 1.67. The summed E-state index contributed by atoms with van der Waals surface area (Å²) in [6, 6.07) is 6.34. The molecule has 1 saturated heterocycles. The fraction of sp³-hybridized carbons (Fsp3) is 0.500. The average Bonchev–Trinajstić information content (AvgIpc) is 2.68. The normalized spacial score (nSPS) is 19.3. The number of aromatic nitrogens is 2. The zero-order valence-corrected chi connectivity index (χ0v) is 10.9. The molecule has 2 heterocycles.